The van der Waals surface area contributed by atoms with Gasteiger partial charge in [-0.05, 0) is 51.4 Å². The van der Waals surface area contributed by atoms with Crippen LogP contribution >= 0.6 is 0 Å². The van der Waals surface area contributed by atoms with Gasteiger partial charge in [-0.15, -0.1) is 0 Å². The second-order valence-electron chi connectivity index (χ2n) is 20.0. The van der Waals surface area contributed by atoms with Crippen LogP contribution in [0.15, 0.2) is 24.3 Å². The third-order valence-electron chi connectivity index (χ3n) is 13.5. The average molecular weight is 917 g/mol. The number of amides is 1. The predicted molar refractivity (Wildman–Crippen MR) is 283 cm³/mol. The van der Waals surface area contributed by atoms with Crippen LogP contribution in [0.1, 0.15) is 316 Å². The fraction of sp³-hybridized carbons (Fsp3) is 0.898. The van der Waals surface area contributed by atoms with Crippen molar-refractivity contribution in [1.82, 2.24) is 5.32 Å². The molecule has 0 rings (SSSR count). The van der Waals surface area contributed by atoms with Crippen molar-refractivity contribution in [3.8, 4) is 0 Å². The minimum Gasteiger partial charge on any atom is -0.466 e. The molecule has 1 amide bonds. The van der Waals surface area contributed by atoms with E-state index in [1.165, 1.54) is 244 Å². The minimum atomic E-state index is -0.848. The third kappa shape index (κ3) is 51.6. The summed E-state index contributed by atoms with van der Waals surface area (Å²) < 4.78 is 5.45. The van der Waals surface area contributed by atoms with E-state index < -0.39 is 12.1 Å². The van der Waals surface area contributed by atoms with Gasteiger partial charge in [-0.1, -0.05) is 276 Å². The Bertz CT molecular complexity index is 1010. The van der Waals surface area contributed by atoms with E-state index in [0.29, 0.717) is 19.4 Å². The Kier molecular flexibility index (Phi) is 53.5. The zero-order valence-corrected chi connectivity index (χ0v) is 43.7. The Hall–Kier alpha value is -1.66. The van der Waals surface area contributed by atoms with E-state index in [-0.39, 0.29) is 18.5 Å². The standard InChI is InChI=1S/C59H113NO5/c1-3-5-7-9-11-13-15-16-17-18-19-20-22-25-28-32-35-39-43-47-51-57(62)56(55-61)60-58(63)52-48-44-40-36-33-29-26-23-21-24-27-30-34-38-42-46-50-54-65-59(64)53-49-45-41-37-31-14-12-10-8-6-4-2/h10,12,47,51,56-57,61-62H,3-9,11,13-46,48-50,52-55H2,1-2H3,(H,60,63)/b12-10-,51-47+. The molecule has 384 valence electrons. The summed E-state index contributed by atoms with van der Waals surface area (Å²) >= 11 is 0. The SMILES string of the molecule is CCCC/C=C\CCCCCCCC(=O)OCCCCCCCCCCCCCCCCCCCC(=O)NC(CO)C(O)/C=C/CCCCCCCCCCCCCCCCCCCC. The number of hydrogen-bond donors (Lipinski definition) is 3. The van der Waals surface area contributed by atoms with E-state index in [0.717, 1.165) is 44.9 Å². The number of rotatable bonds is 54. The number of ether oxygens (including phenoxy) is 1. The van der Waals surface area contributed by atoms with Crippen LogP contribution in [0.2, 0.25) is 0 Å². The van der Waals surface area contributed by atoms with Crippen LogP contribution in [0.5, 0.6) is 0 Å². The smallest absolute Gasteiger partial charge is 0.305 e. The third-order valence-corrected chi connectivity index (χ3v) is 13.5. The van der Waals surface area contributed by atoms with Crippen molar-refractivity contribution in [3.05, 3.63) is 24.3 Å². The largest absolute Gasteiger partial charge is 0.466 e. The molecule has 0 heterocycles. The van der Waals surface area contributed by atoms with Crippen LogP contribution in [0.3, 0.4) is 0 Å². The highest BCUT2D eigenvalue weighted by Gasteiger charge is 2.18. The van der Waals surface area contributed by atoms with Crippen LogP contribution in [-0.4, -0.2) is 47.4 Å². The Morgan fingerprint density at radius 2 is 0.738 bits per heavy atom. The first kappa shape index (κ1) is 63.3. The van der Waals surface area contributed by atoms with E-state index in [2.05, 4.69) is 31.3 Å². The molecule has 2 unspecified atom stereocenters. The molecule has 0 aliphatic carbocycles. The lowest BCUT2D eigenvalue weighted by molar-refractivity contribution is -0.143. The van der Waals surface area contributed by atoms with Gasteiger partial charge in [0.15, 0.2) is 0 Å². The van der Waals surface area contributed by atoms with E-state index in [1.54, 1.807) is 6.08 Å². The van der Waals surface area contributed by atoms with Crippen molar-refractivity contribution in [2.45, 2.75) is 328 Å². The Morgan fingerprint density at radius 1 is 0.415 bits per heavy atom. The molecule has 3 N–H and O–H groups in total. The molecular formula is C59H113NO5. The van der Waals surface area contributed by atoms with Gasteiger partial charge >= 0.3 is 5.97 Å². The van der Waals surface area contributed by atoms with Crippen LogP contribution in [0.25, 0.3) is 0 Å². The molecule has 2 atom stereocenters. The van der Waals surface area contributed by atoms with Crippen LogP contribution < -0.4 is 5.32 Å². The van der Waals surface area contributed by atoms with Crippen LogP contribution in [0.4, 0.5) is 0 Å². The van der Waals surface area contributed by atoms with Gasteiger partial charge in [0.1, 0.15) is 0 Å². The van der Waals surface area contributed by atoms with Crippen LogP contribution in [0, 0.1) is 0 Å². The molecule has 0 spiro atoms. The van der Waals surface area contributed by atoms with Crippen molar-refractivity contribution in [3.63, 3.8) is 0 Å². The number of carbonyl (C=O) groups excluding carboxylic acids is 2. The molecule has 65 heavy (non-hydrogen) atoms. The highest BCUT2D eigenvalue weighted by molar-refractivity contribution is 5.76. The molecule has 6 heteroatoms. The molecule has 0 aromatic heterocycles. The molecule has 6 nitrogen and oxygen atoms in total. The molecule has 0 radical (unpaired) electrons. The summed E-state index contributed by atoms with van der Waals surface area (Å²) in [6.07, 6.45) is 66.3. The first-order valence-corrected chi connectivity index (χ1v) is 29.1. The van der Waals surface area contributed by atoms with Gasteiger partial charge in [-0.25, -0.2) is 0 Å². The van der Waals surface area contributed by atoms with Gasteiger partial charge in [0, 0.05) is 12.8 Å². The summed E-state index contributed by atoms with van der Waals surface area (Å²) in [5.74, 6) is -0.0774. The van der Waals surface area contributed by atoms with Crippen molar-refractivity contribution >= 4 is 11.9 Å². The van der Waals surface area contributed by atoms with E-state index in [4.69, 9.17) is 4.74 Å². The molecule has 0 fully saturated rings. The summed E-state index contributed by atoms with van der Waals surface area (Å²) in [4.78, 5) is 24.5. The number of allylic oxidation sites excluding steroid dienone is 3. The zero-order valence-electron chi connectivity index (χ0n) is 43.7. The van der Waals surface area contributed by atoms with Gasteiger partial charge in [0.2, 0.25) is 5.91 Å². The number of hydrogen-bond acceptors (Lipinski definition) is 5. The van der Waals surface area contributed by atoms with Gasteiger partial charge in [-0.2, -0.15) is 0 Å². The van der Waals surface area contributed by atoms with Gasteiger partial charge < -0.3 is 20.3 Å². The molecule has 0 aromatic rings. The molecule has 0 aromatic carbocycles. The number of unbranched alkanes of at least 4 members (excludes halogenated alkanes) is 41. The fourth-order valence-corrected chi connectivity index (χ4v) is 8.97. The zero-order chi connectivity index (χ0) is 47.2. The van der Waals surface area contributed by atoms with Crippen molar-refractivity contribution in [2.75, 3.05) is 13.2 Å². The van der Waals surface area contributed by atoms with Crippen molar-refractivity contribution in [2.24, 2.45) is 0 Å². The molecule has 0 bridgehead atoms. The maximum atomic E-state index is 12.5. The number of nitrogens with one attached hydrogen (secondary N) is 1. The lowest BCUT2D eigenvalue weighted by Crippen LogP contribution is -2.45. The van der Waals surface area contributed by atoms with Gasteiger partial charge in [0.05, 0.1) is 25.4 Å². The van der Waals surface area contributed by atoms with E-state index >= 15 is 0 Å². The Balaban J connectivity index is 3.46. The van der Waals surface area contributed by atoms with E-state index in [1.807, 2.05) is 6.08 Å². The lowest BCUT2D eigenvalue weighted by Gasteiger charge is -2.20. The number of esters is 1. The summed E-state index contributed by atoms with van der Waals surface area (Å²) in [5.41, 5.74) is 0. The second-order valence-corrected chi connectivity index (χ2v) is 20.0. The van der Waals surface area contributed by atoms with Crippen molar-refractivity contribution < 1.29 is 24.5 Å². The summed E-state index contributed by atoms with van der Waals surface area (Å²) in [5, 5.41) is 23.2. The topological polar surface area (TPSA) is 95.9 Å². The van der Waals surface area contributed by atoms with E-state index in [9.17, 15) is 19.8 Å². The maximum Gasteiger partial charge on any atom is 0.305 e. The first-order chi connectivity index (χ1) is 32.0. The Morgan fingerprint density at radius 3 is 1.14 bits per heavy atom. The normalized spacial score (nSPS) is 12.7. The van der Waals surface area contributed by atoms with Crippen LogP contribution in [-0.2, 0) is 14.3 Å². The predicted octanol–water partition coefficient (Wildman–Crippen LogP) is 17.9. The number of carbonyl (C=O) groups is 2. The highest BCUT2D eigenvalue weighted by Crippen LogP contribution is 2.17. The van der Waals surface area contributed by atoms with Crippen molar-refractivity contribution in [1.29, 1.82) is 0 Å². The summed E-state index contributed by atoms with van der Waals surface area (Å²) in [7, 11) is 0. The second kappa shape index (κ2) is 54.9. The molecule has 0 aliphatic heterocycles. The first-order valence-electron chi connectivity index (χ1n) is 29.1. The average Bonchev–Trinajstić information content (AvgIpc) is 3.31. The quantitative estimate of drug-likeness (QED) is 0.0321. The summed E-state index contributed by atoms with van der Waals surface area (Å²) in [6, 6.07) is -0.632. The number of aliphatic hydroxyl groups is 2. The monoisotopic (exact) mass is 916 g/mol. The van der Waals surface area contributed by atoms with Gasteiger partial charge in [-0.3, -0.25) is 9.59 Å². The fourth-order valence-electron chi connectivity index (χ4n) is 8.97. The minimum absolute atomic E-state index is 0.00638. The number of aliphatic hydroxyl groups excluding tert-OH is 2. The Labute approximate surface area is 405 Å². The molecular weight excluding hydrogens is 803 g/mol. The molecule has 0 aliphatic rings. The molecule has 0 saturated carbocycles. The van der Waals surface area contributed by atoms with Gasteiger partial charge in [0.25, 0.3) is 0 Å². The maximum absolute atomic E-state index is 12.5. The lowest BCUT2D eigenvalue weighted by atomic mass is 10.0. The highest BCUT2D eigenvalue weighted by atomic mass is 16.5. The molecule has 0 saturated heterocycles. The summed E-state index contributed by atoms with van der Waals surface area (Å²) in [6.45, 7) is 4.87.